The third-order valence-corrected chi connectivity index (χ3v) is 2.54. The van der Waals surface area contributed by atoms with Crippen molar-refractivity contribution in [3.05, 3.63) is 39.7 Å². The van der Waals surface area contributed by atoms with Crippen LogP contribution in [0.25, 0.3) is 0 Å². The van der Waals surface area contributed by atoms with E-state index in [9.17, 15) is 19.3 Å². The van der Waals surface area contributed by atoms with E-state index in [0.717, 1.165) is 18.2 Å². The Hall–Kier alpha value is -2.02. The number of hydrogen-bond acceptors (Lipinski definition) is 5. The van der Waals surface area contributed by atoms with Gasteiger partial charge >= 0.3 is 5.97 Å². The molecule has 1 aliphatic heterocycles. The summed E-state index contributed by atoms with van der Waals surface area (Å²) in [6, 6.07) is 2.73. The molecule has 0 aromatic heterocycles. The average molecular weight is 255 g/mol. The van der Waals surface area contributed by atoms with Crippen molar-refractivity contribution in [3.8, 4) is 0 Å². The Morgan fingerprint density at radius 1 is 1.56 bits per heavy atom. The fourth-order valence-electron chi connectivity index (χ4n) is 1.60. The van der Waals surface area contributed by atoms with Gasteiger partial charge in [-0.3, -0.25) is 10.1 Å². The van der Waals surface area contributed by atoms with Crippen molar-refractivity contribution in [2.24, 2.45) is 0 Å². The minimum absolute atomic E-state index is 0.266. The maximum atomic E-state index is 13.4. The van der Waals surface area contributed by atoms with Crippen LogP contribution >= 0.6 is 0 Å². The normalized spacial score (nSPS) is 18.6. The van der Waals surface area contributed by atoms with E-state index >= 15 is 0 Å². The summed E-state index contributed by atoms with van der Waals surface area (Å²) in [6.07, 6.45) is 0.124. The molecule has 1 heterocycles. The standard InChI is InChI=1S/C11H10FNO5/c12-10-2-1-7(13(15)16)5-9(10)11(14)18-8-3-4-17-6-8/h1-2,5,8H,3-4,6H2. The van der Waals surface area contributed by atoms with Crippen molar-refractivity contribution in [3.63, 3.8) is 0 Å². The number of nitro groups is 1. The van der Waals surface area contributed by atoms with Crippen molar-refractivity contribution < 1.29 is 23.6 Å². The molecule has 7 heteroatoms. The van der Waals surface area contributed by atoms with Crippen LogP contribution in [-0.4, -0.2) is 30.2 Å². The van der Waals surface area contributed by atoms with Gasteiger partial charge in [-0.05, 0) is 6.07 Å². The zero-order valence-corrected chi connectivity index (χ0v) is 9.30. The Morgan fingerprint density at radius 2 is 2.33 bits per heavy atom. The van der Waals surface area contributed by atoms with Crippen LogP contribution < -0.4 is 0 Å². The molecule has 6 nitrogen and oxygen atoms in total. The summed E-state index contributed by atoms with van der Waals surface area (Å²) in [6.45, 7) is 0.748. The highest BCUT2D eigenvalue weighted by Gasteiger charge is 2.24. The van der Waals surface area contributed by atoms with Gasteiger partial charge in [-0.1, -0.05) is 0 Å². The first-order chi connectivity index (χ1) is 8.58. The lowest BCUT2D eigenvalue weighted by atomic mass is 10.2. The van der Waals surface area contributed by atoms with Crippen LogP contribution in [-0.2, 0) is 9.47 Å². The molecule has 0 aliphatic carbocycles. The molecular formula is C11H10FNO5. The predicted molar refractivity (Wildman–Crippen MR) is 57.7 cm³/mol. The number of carbonyl (C=O) groups is 1. The highest BCUT2D eigenvalue weighted by atomic mass is 19.1. The first kappa shape index (κ1) is 12.4. The number of nitrogens with zero attached hydrogens (tertiary/aromatic N) is 1. The molecule has 0 N–H and O–H groups in total. The lowest BCUT2D eigenvalue weighted by Gasteiger charge is -2.10. The number of esters is 1. The predicted octanol–water partition coefficient (Wildman–Crippen LogP) is 1.68. The second-order valence-electron chi connectivity index (χ2n) is 3.81. The summed E-state index contributed by atoms with van der Waals surface area (Å²) in [4.78, 5) is 21.5. The molecule has 18 heavy (non-hydrogen) atoms. The monoisotopic (exact) mass is 255 g/mol. The van der Waals surface area contributed by atoms with Crippen molar-refractivity contribution in [1.29, 1.82) is 0 Å². The Morgan fingerprint density at radius 3 is 2.94 bits per heavy atom. The van der Waals surface area contributed by atoms with Crippen LogP contribution in [0.4, 0.5) is 10.1 Å². The fourth-order valence-corrected chi connectivity index (χ4v) is 1.60. The lowest BCUT2D eigenvalue weighted by Crippen LogP contribution is -2.19. The summed E-state index contributed by atoms with van der Waals surface area (Å²) in [5, 5.41) is 10.5. The van der Waals surface area contributed by atoms with Crippen LogP contribution in [0, 0.1) is 15.9 Å². The maximum absolute atomic E-state index is 13.4. The van der Waals surface area contributed by atoms with Crippen LogP contribution in [0.3, 0.4) is 0 Å². The minimum Gasteiger partial charge on any atom is -0.456 e. The molecule has 0 saturated carbocycles. The van der Waals surface area contributed by atoms with Crippen LogP contribution in [0.1, 0.15) is 16.8 Å². The summed E-state index contributed by atoms with van der Waals surface area (Å²) < 4.78 is 23.4. The van der Waals surface area contributed by atoms with Gasteiger partial charge in [0.05, 0.1) is 18.1 Å². The SMILES string of the molecule is O=C(OC1CCOC1)c1cc([N+](=O)[O-])ccc1F. The molecule has 1 aliphatic rings. The summed E-state index contributed by atoms with van der Waals surface area (Å²) in [5.74, 6) is -1.75. The van der Waals surface area contributed by atoms with E-state index in [0.29, 0.717) is 13.0 Å². The van der Waals surface area contributed by atoms with Crippen LogP contribution in [0.5, 0.6) is 0 Å². The average Bonchev–Trinajstić information content (AvgIpc) is 2.81. The molecule has 96 valence electrons. The number of rotatable bonds is 3. The van der Waals surface area contributed by atoms with Gasteiger partial charge < -0.3 is 9.47 Å². The highest BCUT2D eigenvalue weighted by Crippen LogP contribution is 2.19. The van der Waals surface area contributed by atoms with Gasteiger partial charge in [-0.15, -0.1) is 0 Å². The first-order valence-corrected chi connectivity index (χ1v) is 5.30. The van der Waals surface area contributed by atoms with Gasteiger partial charge in [-0.2, -0.15) is 0 Å². The van der Waals surface area contributed by atoms with Gasteiger partial charge in [0.15, 0.2) is 0 Å². The summed E-state index contributed by atoms with van der Waals surface area (Å²) in [7, 11) is 0. The Balaban J connectivity index is 2.17. The van der Waals surface area contributed by atoms with Gasteiger partial charge in [0.1, 0.15) is 17.5 Å². The summed E-state index contributed by atoms with van der Waals surface area (Å²) in [5.41, 5.74) is -0.790. The van der Waals surface area contributed by atoms with Crippen LogP contribution in [0.15, 0.2) is 18.2 Å². The van der Waals surface area contributed by atoms with E-state index in [2.05, 4.69) is 0 Å². The zero-order valence-electron chi connectivity index (χ0n) is 9.30. The Kier molecular flexibility index (Phi) is 3.52. The van der Waals surface area contributed by atoms with Gasteiger partial charge in [0.2, 0.25) is 0 Å². The topological polar surface area (TPSA) is 78.7 Å². The molecule has 1 aromatic carbocycles. The quantitative estimate of drug-likeness (QED) is 0.466. The van der Waals surface area contributed by atoms with Gasteiger partial charge in [0, 0.05) is 18.6 Å². The number of non-ortho nitro benzene ring substituents is 1. The van der Waals surface area contributed by atoms with Gasteiger partial charge in [0.25, 0.3) is 5.69 Å². The van der Waals surface area contributed by atoms with Crippen molar-refractivity contribution in [2.75, 3.05) is 13.2 Å². The fraction of sp³-hybridized carbons (Fsp3) is 0.364. The first-order valence-electron chi connectivity index (χ1n) is 5.30. The van der Waals surface area contributed by atoms with Crippen molar-refractivity contribution in [2.45, 2.75) is 12.5 Å². The third-order valence-electron chi connectivity index (χ3n) is 2.54. The number of benzene rings is 1. The van der Waals surface area contributed by atoms with E-state index in [4.69, 9.17) is 9.47 Å². The molecular weight excluding hydrogens is 245 g/mol. The second-order valence-corrected chi connectivity index (χ2v) is 3.81. The molecule has 2 rings (SSSR count). The van der Waals surface area contributed by atoms with Crippen molar-refractivity contribution >= 4 is 11.7 Å². The zero-order chi connectivity index (χ0) is 13.1. The van der Waals surface area contributed by atoms with Crippen molar-refractivity contribution in [1.82, 2.24) is 0 Å². The molecule has 1 atom stereocenters. The molecule has 1 fully saturated rings. The second kappa shape index (κ2) is 5.09. The molecule has 1 aromatic rings. The third kappa shape index (κ3) is 2.62. The van der Waals surface area contributed by atoms with E-state index in [1.807, 2.05) is 0 Å². The van der Waals surface area contributed by atoms with Crippen LogP contribution in [0.2, 0.25) is 0 Å². The van der Waals surface area contributed by atoms with E-state index in [-0.39, 0.29) is 12.3 Å². The Labute approximate surface area is 101 Å². The molecule has 0 amide bonds. The number of halogens is 1. The highest BCUT2D eigenvalue weighted by molar-refractivity contribution is 5.90. The number of hydrogen-bond donors (Lipinski definition) is 0. The molecule has 0 spiro atoms. The smallest absolute Gasteiger partial charge is 0.341 e. The number of carbonyl (C=O) groups excluding carboxylic acids is 1. The maximum Gasteiger partial charge on any atom is 0.341 e. The van der Waals surface area contributed by atoms with E-state index < -0.39 is 28.4 Å². The van der Waals surface area contributed by atoms with E-state index in [1.165, 1.54) is 0 Å². The number of ether oxygens (including phenoxy) is 2. The molecule has 0 radical (unpaired) electrons. The Bertz CT molecular complexity index is 484. The molecule has 1 saturated heterocycles. The van der Waals surface area contributed by atoms with Gasteiger partial charge in [-0.25, -0.2) is 9.18 Å². The summed E-state index contributed by atoms with van der Waals surface area (Å²) >= 11 is 0. The van der Waals surface area contributed by atoms with E-state index in [1.54, 1.807) is 0 Å². The molecule has 1 unspecified atom stereocenters. The number of nitro benzene ring substituents is 1. The minimum atomic E-state index is -0.910. The largest absolute Gasteiger partial charge is 0.456 e. The molecule has 0 bridgehead atoms. The lowest BCUT2D eigenvalue weighted by molar-refractivity contribution is -0.384.